The van der Waals surface area contributed by atoms with Gasteiger partial charge in [-0.05, 0) is 45.8 Å². The molecule has 0 bridgehead atoms. The number of piperidine rings is 1. The molecule has 1 saturated heterocycles. The molecular formula is C15H27N3O3. The van der Waals surface area contributed by atoms with Crippen molar-refractivity contribution in [3.05, 3.63) is 0 Å². The van der Waals surface area contributed by atoms with E-state index in [1.165, 1.54) is 0 Å². The Labute approximate surface area is 126 Å². The summed E-state index contributed by atoms with van der Waals surface area (Å²) in [7, 11) is 2.08. The van der Waals surface area contributed by atoms with Gasteiger partial charge in [-0.3, -0.25) is 4.79 Å². The molecule has 0 radical (unpaired) electrons. The Bertz CT molecular complexity index is 372. The summed E-state index contributed by atoms with van der Waals surface area (Å²) in [4.78, 5) is 25.8. The molecule has 0 aromatic heterocycles. The topological polar surface area (TPSA) is 81.7 Å². The van der Waals surface area contributed by atoms with E-state index in [4.69, 9.17) is 0 Å². The third kappa shape index (κ3) is 4.33. The van der Waals surface area contributed by atoms with E-state index in [2.05, 4.69) is 22.6 Å². The van der Waals surface area contributed by atoms with Gasteiger partial charge in [0.1, 0.15) is 0 Å². The molecule has 2 fully saturated rings. The number of amides is 2. The molecule has 0 spiro atoms. The highest BCUT2D eigenvalue weighted by molar-refractivity contribution is 5.78. The summed E-state index contributed by atoms with van der Waals surface area (Å²) in [5, 5.41) is 15.2. The summed E-state index contributed by atoms with van der Waals surface area (Å²) in [5.41, 5.74) is -0.762. The molecule has 21 heavy (non-hydrogen) atoms. The van der Waals surface area contributed by atoms with Crippen LogP contribution >= 0.6 is 0 Å². The predicted molar refractivity (Wildman–Crippen MR) is 80.2 cm³/mol. The third-order valence-corrected chi connectivity index (χ3v) is 4.91. The van der Waals surface area contributed by atoms with E-state index in [9.17, 15) is 14.7 Å². The average molecular weight is 297 g/mol. The SMILES string of the molecule is CN1CCC(NC(=O)NCC2(C(=O)O)CCCCC2)CC1. The Hall–Kier alpha value is -1.30. The molecule has 120 valence electrons. The monoisotopic (exact) mass is 297 g/mol. The van der Waals surface area contributed by atoms with Gasteiger partial charge in [0.15, 0.2) is 0 Å². The standard InChI is InChI=1S/C15H27N3O3/c1-18-9-5-12(6-10-18)17-14(21)16-11-15(13(19)20)7-3-2-4-8-15/h12H,2-11H2,1H3,(H,19,20)(H2,16,17,21). The van der Waals surface area contributed by atoms with Crippen LogP contribution in [0.3, 0.4) is 0 Å². The Kier molecular flexibility index (Phi) is 5.45. The molecule has 0 unspecified atom stereocenters. The summed E-state index contributed by atoms with van der Waals surface area (Å²) >= 11 is 0. The van der Waals surface area contributed by atoms with Crippen LogP contribution < -0.4 is 10.6 Å². The lowest BCUT2D eigenvalue weighted by Gasteiger charge is -2.34. The van der Waals surface area contributed by atoms with Gasteiger partial charge in [-0.1, -0.05) is 19.3 Å². The lowest BCUT2D eigenvalue weighted by molar-refractivity contribution is -0.150. The summed E-state index contributed by atoms with van der Waals surface area (Å²) in [6, 6.07) is -0.0240. The molecular weight excluding hydrogens is 270 g/mol. The number of urea groups is 1. The van der Waals surface area contributed by atoms with Crippen molar-refractivity contribution < 1.29 is 14.7 Å². The second kappa shape index (κ2) is 7.11. The lowest BCUT2D eigenvalue weighted by Crippen LogP contribution is -2.51. The molecule has 6 heteroatoms. The number of hydrogen-bond donors (Lipinski definition) is 3. The van der Waals surface area contributed by atoms with Crippen molar-refractivity contribution in [1.29, 1.82) is 0 Å². The van der Waals surface area contributed by atoms with Crippen LogP contribution in [-0.4, -0.2) is 54.7 Å². The number of likely N-dealkylation sites (tertiary alicyclic amines) is 1. The van der Waals surface area contributed by atoms with Crippen molar-refractivity contribution in [1.82, 2.24) is 15.5 Å². The van der Waals surface area contributed by atoms with Gasteiger partial charge in [0.05, 0.1) is 5.41 Å². The minimum atomic E-state index is -0.776. The van der Waals surface area contributed by atoms with Gasteiger partial charge in [-0.2, -0.15) is 0 Å². The molecule has 0 aromatic rings. The fraction of sp³-hybridized carbons (Fsp3) is 0.867. The van der Waals surface area contributed by atoms with Crippen molar-refractivity contribution in [2.24, 2.45) is 5.41 Å². The highest BCUT2D eigenvalue weighted by Crippen LogP contribution is 2.35. The second-order valence-corrected chi connectivity index (χ2v) is 6.55. The molecule has 0 aromatic carbocycles. The number of carboxylic acids is 1. The van der Waals surface area contributed by atoms with Gasteiger partial charge in [-0.25, -0.2) is 4.79 Å². The predicted octanol–water partition coefficient (Wildman–Crippen LogP) is 1.41. The molecule has 3 N–H and O–H groups in total. The maximum absolute atomic E-state index is 12.0. The lowest BCUT2D eigenvalue weighted by atomic mass is 9.74. The van der Waals surface area contributed by atoms with Gasteiger partial charge < -0.3 is 20.6 Å². The van der Waals surface area contributed by atoms with E-state index in [0.29, 0.717) is 12.8 Å². The Morgan fingerprint density at radius 2 is 1.81 bits per heavy atom. The van der Waals surface area contributed by atoms with E-state index in [0.717, 1.165) is 45.2 Å². The fourth-order valence-corrected chi connectivity index (χ4v) is 3.33. The van der Waals surface area contributed by atoms with Crippen LogP contribution in [0.5, 0.6) is 0 Å². The van der Waals surface area contributed by atoms with Crippen LogP contribution in [0, 0.1) is 5.41 Å². The molecule has 6 nitrogen and oxygen atoms in total. The first kappa shape index (κ1) is 16.1. The Morgan fingerprint density at radius 3 is 2.38 bits per heavy atom. The van der Waals surface area contributed by atoms with Crippen LogP contribution in [0.25, 0.3) is 0 Å². The Morgan fingerprint density at radius 1 is 1.19 bits per heavy atom. The maximum atomic E-state index is 12.0. The van der Waals surface area contributed by atoms with Gasteiger partial charge in [0.25, 0.3) is 0 Å². The quantitative estimate of drug-likeness (QED) is 0.733. The van der Waals surface area contributed by atoms with E-state index < -0.39 is 11.4 Å². The first-order chi connectivity index (χ1) is 10.0. The molecule has 1 saturated carbocycles. The van der Waals surface area contributed by atoms with Crippen LogP contribution in [0.15, 0.2) is 0 Å². The van der Waals surface area contributed by atoms with Crippen molar-refractivity contribution in [2.45, 2.75) is 51.0 Å². The second-order valence-electron chi connectivity index (χ2n) is 6.55. The largest absolute Gasteiger partial charge is 0.481 e. The molecule has 0 atom stereocenters. The first-order valence-corrected chi connectivity index (χ1v) is 7.98. The van der Waals surface area contributed by atoms with Crippen LogP contribution in [-0.2, 0) is 4.79 Å². The summed E-state index contributed by atoms with van der Waals surface area (Å²) < 4.78 is 0. The highest BCUT2D eigenvalue weighted by atomic mass is 16.4. The first-order valence-electron chi connectivity index (χ1n) is 7.98. The molecule has 2 rings (SSSR count). The third-order valence-electron chi connectivity index (χ3n) is 4.91. The van der Waals surface area contributed by atoms with Gasteiger partial charge in [0, 0.05) is 12.6 Å². The number of aliphatic carboxylic acids is 1. The molecule has 2 aliphatic rings. The molecule has 1 aliphatic heterocycles. The number of nitrogens with zero attached hydrogens (tertiary/aromatic N) is 1. The number of nitrogens with one attached hydrogen (secondary N) is 2. The van der Waals surface area contributed by atoms with Crippen molar-refractivity contribution in [2.75, 3.05) is 26.7 Å². The smallest absolute Gasteiger partial charge is 0.315 e. The summed E-state index contributed by atoms with van der Waals surface area (Å²) in [5.74, 6) is -0.776. The minimum Gasteiger partial charge on any atom is -0.481 e. The summed E-state index contributed by atoms with van der Waals surface area (Å²) in [6.07, 6.45) is 6.20. The van der Waals surface area contributed by atoms with Crippen LogP contribution in [0.4, 0.5) is 4.79 Å². The van der Waals surface area contributed by atoms with Crippen molar-refractivity contribution in [3.63, 3.8) is 0 Å². The fourth-order valence-electron chi connectivity index (χ4n) is 3.33. The van der Waals surface area contributed by atoms with Gasteiger partial charge in [0.2, 0.25) is 0 Å². The van der Waals surface area contributed by atoms with E-state index in [1.807, 2.05) is 0 Å². The van der Waals surface area contributed by atoms with E-state index in [1.54, 1.807) is 0 Å². The molecule has 1 heterocycles. The van der Waals surface area contributed by atoms with E-state index in [-0.39, 0.29) is 18.6 Å². The van der Waals surface area contributed by atoms with Gasteiger partial charge >= 0.3 is 12.0 Å². The molecule has 2 amide bonds. The number of rotatable bonds is 4. The highest BCUT2D eigenvalue weighted by Gasteiger charge is 2.39. The van der Waals surface area contributed by atoms with Gasteiger partial charge in [-0.15, -0.1) is 0 Å². The zero-order chi connectivity index (χ0) is 15.3. The van der Waals surface area contributed by atoms with Crippen molar-refractivity contribution in [3.8, 4) is 0 Å². The number of carbonyl (C=O) groups is 2. The number of carbonyl (C=O) groups excluding carboxylic acids is 1. The Balaban J connectivity index is 1.78. The zero-order valence-corrected chi connectivity index (χ0v) is 12.9. The molecule has 1 aliphatic carbocycles. The number of hydrogen-bond acceptors (Lipinski definition) is 3. The van der Waals surface area contributed by atoms with E-state index >= 15 is 0 Å². The zero-order valence-electron chi connectivity index (χ0n) is 12.9. The van der Waals surface area contributed by atoms with Crippen LogP contribution in [0.2, 0.25) is 0 Å². The average Bonchev–Trinajstić information content (AvgIpc) is 2.48. The normalized spacial score (nSPS) is 23.5. The van der Waals surface area contributed by atoms with Crippen LogP contribution in [0.1, 0.15) is 44.9 Å². The minimum absolute atomic E-state index is 0.202. The maximum Gasteiger partial charge on any atom is 0.315 e. The summed E-state index contributed by atoms with van der Waals surface area (Å²) in [6.45, 7) is 2.22. The number of carboxylic acid groups (broad SMARTS) is 1. The van der Waals surface area contributed by atoms with Crippen molar-refractivity contribution >= 4 is 12.0 Å².